The summed E-state index contributed by atoms with van der Waals surface area (Å²) in [6.07, 6.45) is 0. The van der Waals surface area contributed by atoms with Crippen molar-refractivity contribution in [3.8, 4) is 22.8 Å². The van der Waals surface area contributed by atoms with Gasteiger partial charge in [-0.25, -0.2) is 0 Å². The quantitative estimate of drug-likeness (QED) is 0.705. The number of nitrogens with one attached hydrogen (secondary N) is 1. The zero-order chi connectivity index (χ0) is 15.0. The van der Waals surface area contributed by atoms with E-state index in [1.54, 1.807) is 12.1 Å². The van der Waals surface area contributed by atoms with Crippen LogP contribution in [0.3, 0.4) is 0 Å². The Morgan fingerprint density at radius 2 is 1.95 bits per heavy atom. The van der Waals surface area contributed by atoms with Gasteiger partial charge in [0, 0.05) is 5.56 Å². The first-order chi connectivity index (χ1) is 10.1. The normalized spacial score (nSPS) is 10.8. The van der Waals surface area contributed by atoms with E-state index >= 15 is 0 Å². The van der Waals surface area contributed by atoms with Gasteiger partial charge in [-0.15, -0.1) is 0 Å². The van der Waals surface area contributed by atoms with Gasteiger partial charge < -0.3 is 5.11 Å². The first-order valence-corrected chi connectivity index (χ1v) is 7.01. The van der Waals surface area contributed by atoms with Gasteiger partial charge in [0.05, 0.1) is 5.69 Å². The highest BCUT2D eigenvalue weighted by Gasteiger charge is 2.13. The number of hydrogen-bond donors (Lipinski definition) is 2. The summed E-state index contributed by atoms with van der Waals surface area (Å²) in [7, 11) is 0. The van der Waals surface area contributed by atoms with Crippen LogP contribution in [0, 0.1) is 18.6 Å². The lowest BCUT2D eigenvalue weighted by atomic mass is 10.1. The summed E-state index contributed by atoms with van der Waals surface area (Å²) in [4.78, 5) is 0. The summed E-state index contributed by atoms with van der Waals surface area (Å²) in [6, 6.07) is 13.3. The Hall–Kier alpha value is -2.40. The maximum absolute atomic E-state index is 9.56. The molecule has 0 aliphatic rings. The molecule has 0 unspecified atom stereocenters. The fourth-order valence-electron chi connectivity index (χ4n) is 2.38. The van der Waals surface area contributed by atoms with Gasteiger partial charge in [-0.2, -0.15) is 5.10 Å². The Labute approximate surface area is 127 Å². The van der Waals surface area contributed by atoms with Crippen molar-refractivity contribution in [3.63, 3.8) is 0 Å². The minimum absolute atomic E-state index is 0.243. The molecule has 3 aromatic rings. The van der Waals surface area contributed by atoms with E-state index in [9.17, 15) is 5.11 Å². The highest BCUT2D eigenvalue weighted by Crippen LogP contribution is 2.27. The molecule has 21 heavy (non-hydrogen) atoms. The van der Waals surface area contributed by atoms with E-state index in [2.05, 4.69) is 16.3 Å². The van der Waals surface area contributed by atoms with Crippen LogP contribution >= 0.6 is 12.2 Å². The maximum atomic E-state index is 9.56. The van der Waals surface area contributed by atoms with Crippen LogP contribution in [0.4, 0.5) is 0 Å². The molecule has 0 atom stereocenters. The molecule has 0 bridgehead atoms. The van der Waals surface area contributed by atoms with Crippen molar-refractivity contribution in [1.29, 1.82) is 0 Å². The zero-order valence-electron chi connectivity index (χ0n) is 11.8. The second-order valence-corrected chi connectivity index (χ2v) is 5.41. The van der Waals surface area contributed by atoms with Crippen LogP contribution in [0.5, 0.6) is 5.75 Å². The van der Waals surface area contributed by atoms with Crippen molar-refractivity contribution in [2.45, 2.75) is 13.8 Å². The van der Waals surface area contributed by atoms with E-state index in [1.165, 1.54) is 0 Å². The van der Waals surface area contributed by atoms with Crippen LogP contribution in [0.1, 0.15) is 11.1 Å². The Kier molecular flexibility index (Phi) is 3.35. The van der Waals surface area contributed by atoms with Crippen molar-refractivity contribution in [3.05, 3.63) is 58.4 Å². The van der Waals surface area contributed by atoms with Crippen LogP contribution in [0.2, 0.25) is 0 Å². The molecule has 4 nitrogen and oxygen atoms in total. The molecule has 1 heterocycles. The molecule has 0 saturated heterocycles. The molecule has 0 spiro atoms. The number of phenolic OH excluding ortho intramolecular Hbond substituents is 1. The number of H-pyrrole nitrogens is 1. The Morgan fingerprint density at radius 1 is 1.14 bits per heavy atom. The number of aromatic hydroxyl groups is 1. The smallest absolute Gasteiger partial charge is 0.200 e. The van der Waals surface area contributed by atoms with Crippen LogP contribution in [0.25, 0.3) is 17.1 Å². The van der Waals surface area contributed by atoms with Gasteiger partial charge in [0.15, 0.2) is 10.6 Å². The molecule has 1 aromatic heterocycles. The van der Waals surface area contributed by atoms with Gasteiger partial charge >= 0.3 is 0 Å². The lowest BCUT2D eigenvalue weighted by molar-refractivity contribution is 0.475. The summed E-state index contributed by atoms with van der Waals surface area (Å²) in [5.74, 6) is 0.982. The molecule has 0 fully saturated rings. The number of aromatic nitrogens is 3. The van der Waals surface area contributed by atoms with Crippen LogP contribution in [-0.2, 0) is 0 Å². The first kappa shape index (κ1) is 13.6. The van der Waals surface area contributed by atoms with Gasteiger partial charge in [0.25, 0.3) is 0 Å². The number of nitrogens with zero attached hydrogens (tertiary/aromatic N) is 2. The average molecular weight is 297 g/mol. The lowest BCUT2D eigenvalue weighted by Crippen LogP contribution is -1.99. The van der Waals surface area contributed by atoms with Crippen LogP contribution in [0.15, 0.2) is 42.5 Å². The fourth-order valence-corrected chi connectivity index (χ4v) is 2.62. The summed E-state index contributed by atoms with van der Waals surface area (Å²) < 4.78 is 2.45. The third-order valence-corrected chi connectivity index (χ3v) is 3.66. The Morgan fingerprint density at radius 3 is 2.67 bits per heavy atom. The molecule has 0 saturated carbocycles. The minimum atomic E-state index is 0.243. The lowest BCUT2D eigenvalue weighted by Gasteiger charge is -2.10. The molecular weight excluding hydrogens is 282 g/mol. The van der Waals surface area contributed by atoms with Crippen molar-refractivity contribution in [2.24, 2.45) is 0 Å². The van der Waals surface area contributed by atoms with Crippen LogP contribution < -0.4 is 0 Å². The van der Waals surface area contributed by atoms with E-state index in [0.29, 0.717) is 4.77 Å². The van der Waals surface area contributed by atoms with Crippen molar-refractivity contribution < 1.29 is 5.11 Å². The third-order valence-electron chi connectivity index (χ3n) is 3.38. The van der Waals surface area contributed by atoms with Crippen molar-refractivity contribution >= 4 is 12.2 Å². The molecule has 3 rings (SSSR count). The maximum Gasteiger partial charge on any atom is 0.200 e. The van der Waals surface area contributed by atoms with E-state index < -0.39 is 0 Å². The van der Waals surface area contributed by atoms with Crippen molar-refractivity contribution in [1.82, 2.24) is 14.8 Å². The minimum Gasteiger partial charge on any atom is -0.508 e. The van der Waals surface area contributed by atoms with Gasteiger partial charge in [-0.1, -0.05) is 12.1 Å². The number of aromatic amines is 1. The summed E-state index contributed by atoms with van der Waals surface area (Å²) in [6.45, 7) is 3.98. The van der Waals surface area contributed by atoms with E-state index in [-0.39, 0.29) is 5.75 Å². The fraction of sp³-hybridized carbons (Fsp3) is 0.125. The second-order valence-electron chi connectivity index (χ2n) is 5.03. The van der Waals surface area contributed by atoms with Gasteiger partial charge in [0.2, 0.25) is 0 Å². The number of phenols is 1. The molecular formula is C16H15N3OS. The van der Waals surface area contributed by atoms with Crippen LogP contribution in [-0.4, -0.2) is 19.9 Å². The molecule has 0 aliphatic carbocycles. The summed E-state index contributed by atoms with van der Waals surface area (Å²) in [5.41, 5.74) is 4.00. The van der Waals surface area contributed by atoms with E-state index in [4.69, 9.17) is 12.2 Å². The second kappa shape index (κ2) is 5.18. The number of hydrogen-bond acceptors (Lipinski definition) is 3. The summed E-state index contributed by atoms with van der Waals surface area (Å²) >= 11 is 5.36. The highest BCUT2D eigenvalue weighted by atomic mass is 32.1. The zero-order valence-corrected chi connectivity index (χ0v) is 12.6. The molecule has 106 valence electrons. The predicted octanol–water partition coefficient (Wildman–Crippen LogP) is 3.92. The van der Waals surface area contributed by atoms with Gasteiger partial charge in [-0.3, -0.25) is 9.67 Å². The molecule has 0 radical (unpaired) electrons. The number of aryl methyl sites for hydroxylation is 2. The standard InChI is InChI=1S/C16H15N3OS/c1-10-4-3-5-12(8-10)19-15(17-18-16(19)21)14-7-6-13(20)9-11(14)2/h3-9,20H,1-2H3,(H,18,21). The Bertz CT molecular complexity index is 864. The topological polar surface area (TPSA) is 53.8 Å². The number of benzene rings is 2. The van der Waals surface area contributed by atoms with E-state index in [1.807, 2.05) is 42.7 Å². The monoisotopic (exact) mass is 297 g/mol. The van der Waals surface area contributed by atoms with Crippen molar-refractivity contribution in [2.75, 3.05) is 0 Å². The molecule has 5 heteroatoms. The van der Waals surface area contributed by atoms with E-state index in [0.717, 1.165) is 28.2 Å². The molecule has 2 N–H and O–H groups in total. The summed E-state index contributed by atoms with van der Waals surface area (Å²) in [5, 5.41) is 16.8. The third kappa shape index (κ3) is 2.48. The first-order valence-electron chi connectivity index (χ1n) is 6.61. The molecule has 2 aromatic carbocycles. The predicted molar refractivity (Wildman–Crippen MR) is 85.3 cm³/mol. The molecule has 0 aliphatic heterocycles. The Balaban J connectivity index is 2.24. The highest BCUT2D eigenvalue weighted by molar-refractivity contribution is 7.71. The largest absolute Gasteiger partial charge is 0.508 e. The number of rotatable bonds is 2. The average Bonchev–Trinajstić information content (AvgIpc) is 2.80. The SMILES string of the molecule is Cc1cccc(-n2c(-c3ccc(O)cc3C)n[nH]c2=S)c1. The van der Waals surface area contributed by atoms with Gasteiger partial charge in [0.1, 0.15) is 5.75 Å². The molecule has 0 amide bonds. The van der Waals surface area contributed by atoms with Gasteiger partial charge in [-0.05, 0) is 67.5 Å².